The Morgan fingerprint density at radius 1 is 0.376 bits per heavy atom. The molecule has 2 heterocycles. The maximum Gasteiger partial charge on any atom is 0.147 e. The van der Waals surface area contributed by atoms with Gasteiger partial charge in [0.05, 0.1) is 79.0 Å². The Labute approximate surface area is 558 Å². The van der Waals surface area contributed by atoms with E-state index in [4.69, 9.17) is 9.47 Å². The second-order valence-electron chi connectivity index (χ2n) is 34.9. The number of hydrogen-bond donors (Lipinski definition) is 2. The highest BCUT2D eigenvalue weighted by molar-refractivity contribution is 6.90. The number of aromatic hydroxyl groups is 2. The Morgan fingerprint density at radius 3 is 0.914 bits per heavy atom. The van der Waals surface area contributed by atoms with E-state index in [1.165, 1.54) is 45.0 Å². The molecule has 2 N–H and O–H groups in total. The van der Waals surface area contributed by atoms with Crippen molar-refractivity contribution in [3.63, 3.8) is 0 Å². The van der Waals surface area contributed by atoms with Crippen molar-refractivity contribution in [2.75, 3.05) is 13.2 Å². The first-order chi connectivity index (χ1) is 42.8. The lowest BCUT2D eigenvalue weighted by atomic mass is 9.71. The quantitative estimate of drug-likeness (QED) is 0.0664. The van der Waals surface area contributed by atoms with Crippen LogP contribution in [0.2, 0.25) is 78.6 Å². The number of nitrogens with zero attached hydrogens (tertiary/aromatic N) is 2. The van der Waals surface area contributed by atoms with Crippen LogP contribution in [0.25, 0.3) is 77.2 Å². The van der Waals surface area contributed by atoms with Crippen LogP contribution < -0.4 is 30.2 Å². The zero-order chi connectivity index (χ0) is 68.4. The highest BCUT2D eigenvalue weighted by atomic mass is 28.3. The summed E-state index contributed by atoms with van der Waals surface area (Å²) in [5, 5.41) is 36.2. The SMILES string of the molecule is Cc1cc(F)cc(-c2cc(C(C)(C)CC(C)(C)C)cc(-n3c4cc([Si](C)(C)C)ccc4c4ccc([Si](C)(C)C)cc43)c2O)c1OCCCOc1c(C)cc(F)cc1-c1cc(C(C)(C)CC(C)(C)C)cc(-n2c3cc([Si](C)(C)C)ccc3c3ccc([Si](C)(C)C)cc32)c1O. The van der Waals surface area contributed by atoms with E-state index in [0.29, 0.717) is 62.7 Å². The number of benzene rings is 8. The third-order valence-corrected chi connectivity index (χ3v) is 27.2. The number of rotatable bonds is 18. The van der Waals surface area contributed by atoms with Gasteiger partial charge < -0.3 is 28.8 Å². The Hall–Kier alpha value is -6.71. The van der Waals surface area contributed by atoms with Crippen LogP contribution in [0.3, 0.4) is 0 Å². The zero-order valence-corrected chi connectivity index (χ0v) is 64.4. The Morgan fingerprint density at radius 2 is 0.656 bits per heavy atom. The molecule has 2 aromatic heterocycles. The highest BCUT2D eigenvalue weighted by Gasteiger charge is 2.35. The molecule has 0 aliphatic heterocycles. The van der Waals surface area contributed by atoms with Crippen LogP contribution in [-0.2, 0) is 10.8 Å². The van der Waals surface area contributed by atoms with Crippen molar-refractivity contribution in [3.05, 3.63) is 155 Å². The number of aryl methyl sites for hydroxylation is 2. The summed E-state index contributed by atoms with van der Waals surface area (Å²) in [5.74, 6) is 0.160. The van der Waals surface area contributed by atoms with Crippen molar-refractivity contribution in [2.24, 2.45) is 10.8 Å². The molecule has 93 heavy (non-hydrogen) atoms. The standard InChI is InChI=1S/C81H104F2N2O4Si4/c1-50-36-54(82)42-66(64-38-52(80(9,10)48-78(3,4)5)40-72(74(64)86)84-68-44-56(90(13,14)15)26-30-60(68)61-31-27-57(45-69(61)84)91(16,17)18)76(50)88-34-25-35-89-77-51(2)37-55(83)43-67(77)65-39-53(81(11,12)49-79(6,7)8)41-73(75(65)87)85-70-46-58(92(19,20)21)28-32-62(70)63-33-29-59(47-71(63)85)93(22,23)24/h26-33,36-47,86-87H,25,34-35,48-49H2,1-24H3. The van der Waals surface area contributed by atoms with Crippen LogP contribution in [0.5, 0.6) is 23.0 Å². The molecule has 10 aromatic rings. The normalized spacial score (nSPS) is 13.4. The second kappa shape index (κ2) is 24.2. The van der Waals surface area contributed by atoms with Gasteiger partial charge >= 0.3 is 0 Å². The number of phenolic OH excluding ortho intramolecular Hbond substituents is 2. The fourth-order valence-corrected chi connectivity index (χ4v) is 19.3. The van der Waals surface area contributed by atoms with Crippen molar-refractivity contribution in [2.45, 2.75) is 192 Å². The lowest BCUT2D eigenvalue weighted by Crippen LogP contribution is -2.37. The van der Waals surface area contributed by atoms with Crippen LogP contribution in [0.1, 0.15) is 111 Å². The molecule has 0 amide bonds. The van der Waals surface area contributed by atoms with Gasteiger partial charge in [-0.1, -0.05) is 217 Å². The van der Waals surface area contributed by atoms with Gasteiger partial charge in [-0.05, 0) is 143 Å². The van der Waals surface area contributed by atoms with Gasteiger partial charge in [0.15, 0.2) is 0 Å². The van der Waals surface area contributed by atoms with Gasteiger partial charge in [-0.15, -0.1) is 0 Å². The van der Waals surface area contributed by atoms with E-state index < -0.39 is 43.9 Å². The topological polar surface area (TPSA) is 68.8 Å². The summed E-state index contributed by atoms with van der Waals surface area (Å²) in [6, 6.07) is 42.0. The predicted molar refractivity (Wildman–Crippen MR) is 407 cm³/mol. The fourth-order valence-electron chi connectivity index (χ4n) is 14.7. The van der Waals surface area contributed by atoms with Crippen molar-refractivity contribution < 1.29 is 28.5 Å². The average Bonchev–Trinajstić information content (AvgIpc) is 1.58. The third kappa shape index (κ3) is 14.0. The molecule has 0 fully saturated rings. The molecule has 0 spiro atoms. The molecule has 0 unspecified atom stereocenters. The minimum Gasteiger partial charge on any atom is -0.505 e. The van der Waals surface area contributed by atoms with Crippen molar-refractivity contribution in [3.8, 4) is 56.6 Å². The molecule has 0 aliphatic carbocycles. The summed E-state index contributed by atoms with van der Waals surface area (Å²) < 4.78 is 50.9. The van der Waals surface area contributed by atoms with Crippen molar-refractivity contribution in [1.29, 1.82) is 0 Å². The van der Waals surface area contributed by atoms with E-state index >= 15 is 8.78 Å². The van der Waals surface area contributed by atoms with E-state index in [1.54, 1.807) is 0 Å². The molecule has 492 valence electrons. The van der Waals surface area contributed by atoms with Crippen LogP contribution in [-0.4, -0.2) is 64.9 Å². The number of phenols is 2. The Kier molecular flexibility index (Phi) is 18.0. The number of halogens is 2. The molecule has 0 radical (unpaired) electrons. The van der Waals surface area contributed by atoms with Crippen LogP contribution in [0.15, 0.2) is 121 Å². The Bertz CT molecular complexity index is 4130. The smallest absolute Gasteiger partial charge is 0.147 e. The summed E-state index contributed by atoms with van der Waals surface area (Å²) in [6.45, 7) is 55.1. The molecule has 0 bridgehead atoms. The molecule has 0 atom stereocenters. The minimum absolute atomic E-state index is 0.0362. The molecule has 0 saturated carbocycles. The van der Waals surface area contributed by atoms with Gasteiger partial charge in [0.1, 0.15) is 34.6 Å². The molecule has 6 nitrogen and oxygen atoms in total. The average molecular weight is 1320 g/mol. The summed E-state index contributed by atoms with van der Waals surface area (Å²) in [4.78, 5) is 0. The fraction of sp³-hybridized carbons (Fsp3) is 0.407. The number of aromatic nitrogens is 2. The van der Waals surface area contributed by atoms with E-state index in [0.717, 1.165) is 67.6 Å². The monoisotopic (exact) mass is 1320 g/mol. The maximum atomic E-state index is 16.3. The summed E-state index contributed by atoms with van der Waals surface area (Å²) >= 11 is 0. The van der Waals surface area contributed by atoms with Gasteiger partial charge in [0.25, 0.3) is 0 Å². The summed E-state index contributed by atoms with van der Waals surface area (Å²) in [6.07, 6.45) is 2.09. The largest absolute Gasteiger partial charge is 0.505 e. The lowest BCUT2D eigenvalue weighted by Gasteiger charge is -2.34. The molecule has 0 aliphatic rings. The van der Waals surface area contributed by atoms with Crippen LogP contribution in [0, 0.1) is 36.3 Å². The van der Waals surface area contributed by atoms with E-state index in [9.17, 15) is 10.2 Å². The van der Waals surface area contributed by atoms with E-state index in [1.807, 2.05) is 13.8 Å². The highest BCUT2D eigenvalue weighted by Crippen LogP contribution is 2.50. The molecule has 0 saturated heterocycles. The van der Waals surface area contributed by atoms with Gasteiger partial charge in [0, 0.05) is 50.2 Å². The van der Waals surface area contributed by atoms with Crippen LogP contribution in [0.4, 0.5) is 8.78 Å². The first kappa shape index (κ1) is 69.1. The first-order valence-corrected chi connectivity index (χ1v) is 47.6. The van der Waals surface area contributed by atoms with Crippen molar-refractivity contribution >= 4 is 96.7 Å². The Balaban J connectivity index is 1.08. The van der Waals surface area contributed by atoms with Crippen molar-refractivity contribution in [1.82, 2.24) is 9.13 Å². The zero-order valence-electron chi connectivity index (χ0n) is 60.4. The first-order valence-electron chi connectivity index (χ1n) is 33.6. The molecule has 8 aromatic carbocycles. The molecule has 10 rings (SSSR count). The molecular formula is C81H104F2N2O4Si4. The number of fused-ring (bicyclic) bond motifs is 6. The van der Waals surface area contributed by atoms with E-state index in [-0.39, 0.29) is 46.4 Å². The second-order valence-corrected chi connectivity index (χ2v) is 55.2. The maximum absolute atomic E-state index is 16.3. The van der Waals surface area contributed by atoms with Crippen LogP contribution >= 0.6 is 0 Å². The predicted octanol–water partition coefficient (Wildman–Crippen LogP) is 21.0. The van der Waals surface area contributed by atoms with Gasteiger partial charge in [0.2, 0.25) is 0 Å². The summed E-state index contributed by atoms with van der Waals surface area (Å²) in [5.41, 5.74) is 9.69. The minimum atomic E-state index is -1.81. The van der Waals surface area contributed by atoms with Gasteiger partial charge in [-0.3, -0.25) is 0 Å². The molecular weight excluding hydrogens is 1220 g/mol. The van der Waals surface area contributed by atoms with Gasteiger partial charge in [-0.25, -0.2) is 8.78 Å². The van der Waals surface area contributed by atoms with Gasteiger partial charge in [-0.2, -0.15) is 0 Å². The molecule has 12 heteroatoms. The number of hydrogen-bond acceptors (Lipinski definition) is 4. The third-order valence-electron chi connectivity index (χ3n) is 19.0. The van der Waals surface area contributed by atoms with E-state index in [2.05, 4.69) is 254 Å². The summed E-state index contributed by atoms with van der Waals surface area (Å²) in [7, 11) is -7.23. The lowest BCUT2D eigenvalue weighted by molar-refractivity contribution is 0.246. The number of ether oxygens (including phenoxy) is 2.